The summed E-state index contributed by atoms with van der Waals surface area (Å²) in [7, 11) is 1.76. The van der Waals surface area contributed by atoms with Gasteiger partial charge in [0.15, 0.2) is 0 Å². The van der Waals surface area contributed by atoms with E-state index in [9.17, 15) is 4.79 Å². The monoisotopic (exact) mass is 285 g/mol. The molecule has 0 aromatic carbocycles. The van der Waals surface area contributed by atoms with Crippen molar-refractivity contribution in [1.82, 2.24) is 15.1 Å². The highest BCUT2D eigenvalue weighted by molar-refractivity contribution is 6.30. The molecule has 1 aromatic heterocycles. The van der Waals surface area contributed by atoms with Gasteiger partial charge in [-0.25, -0.2) is 0 Å². The lowest BCUT2D eigenvalue weighted by Crippen LogP contribution is -2.38. The van der Waals surface area contributed by atoms with Gasteiger partial charge in [0.25, 0.3) is 0 Å². The number of aryl methyl sites for hydroxylation is 2. The summed E-state index contributed by atoms with van der Waals surface area (Å²) in [5, 5.41) is 16.7. The average Bonchev–Trinajstić information content (AvgIpc) is 3.15. The first-order valence-electron chi connectivity index (χ1n) is 6.61. The Morgan fingerprint density at radius 3 is 2.79 bits per heavy atom. The first kappa shape index (κ1) is 14.3. The van der Waals surface area contributed by atoms with Crippen molar-refractivity contribution in [1.29, 1.82) is 0 Å². The van der Waals surface area contributed by atoms with Gasteiger partial charge in [-0.1, -0.05) is 11.6 Å². The summed E-state index contributed by atoms with van der Waals surface area (Å²) < 4.78 is 1.57. The zero-order chi connectivity index (χ0) is 14.0. The Kier molecular flexibility index (Phi) is 4.47. The van der Waals surface area contributed by atoms with Crippen LogP contribution in [-0.2, 0) is 18.3 Å². The normalized spacial score (nSPS) is 16.4. The summed E-state index contributed by atoms with van der Waals surface area (Å²) in [5.41, 5.74) is 1.56. The number of carbonyl (C=O) groups excluding carboxylic acids is 1. The van der Waals surface area contributed by atoms with Crippen molar-refractivity contribution in [2.45, 2.75) is 38.6 Å². The molecule has 1 unspecified atom stereocenters. The van der Waals surface area contributed by atoms with E-state index in [1.54, 1.807) is 11.7 Å². The van der Waals surface area contributed by atoms with E-state index in [1.165, 1.54) is 0 Å². The molecule has 0 saturated heterocycles. The van der Waals surface area contributed by atoms with Crippen molar-refractivity contribution in [3.05, 3.63) is 16.4 Å². The van der Waals surface area contributed by atoms with Crippen LogP contribution in [0.5, 0.6) is 0 Å². The molecule has 1 heterocycles. The molecule has 1 atom stereocenters. The standard InChI is InChI=1S/C13H20ClN3O2/c1-8-10(13(14)17(2)16-8)7-12(19)15-11(5-6-18)9-3-4-9/h9,11,18H,3-7H2,1-2H3,(H,15,19). The van der Waals surface area contributed by atoms with Gasteiger partial charge in [0.05, 0.1) is 12.1 Å². The minimum Gasteiger partial charge on any atom is -0.396 e. The third-order valence-corrected chi connectivity index (χ3v) is 4.06. The number of halogens is 1. The van der Waals surface area contributed by atoms with Crippen molar-refractivity contribution < 1.29 is 9.90 Å². The summed E-state index contributed by atoms with van der Waals surface area (Å²) in [6, 6.07) is 0.0910. The Bertz CT molecular complexity index is 469. The number of hydrogen-bond donors (Lipinski definition) is 2. The Morgan fingerprint density at radius 2 is 2.32 bits per heavy atom. The first-order valence-corrected chi connectivity index (χ1v) is 6.99. The lowest BCUT2D eigenvalue weighted by molar-refractivity contribution is -0.121. The van der Waals surface area contributed by atoms with Crippen molar-refractivity contribution in [2.24, 2.45) is 13.0 Å². The van der Waals surface area contributed by atoms with Gasteiger partial charge in [-0.3, -0.25) is 9.48 Å². The van der Waals surface area contributed by atoms with E-state index in [0.29, 0.717) is 17.5 Å². The number of nitrogens with one attached hydrogen (secondary N) is 1. The maximum Gasteiger partial charge on any atom is 0.224 e. The predicted octanol–water partition coefficient (Wildman–Crippen LogP) is 1.20. The van der Waals surface area contributed by atoms with Crippen LogP contribution in [0.3, 0.4) is 0 Å². The van der Waals surface area contributed by atoms with E-state index < -0.39 is 0 Å². The number of aromatic nitrogens is 2. The van der Waals surface area contributed by atoms with Gasteiger partial charge < -0.3 is 10.4 Å². The van der Waals surface area contributed by atoms with Gasteiger partial charge in [0.2, 0.25) is 5.91 Å². The number of nitrogens with zero attached hydrogens (tertiary/aromatic N) is 2. The van der Waals surface area contributed by atoms with Gasteiger partial charge in [-0.05, 0) is 32.1 Å². The molecule has 0 spiro atoms. The molecule has 5 nitrogen and oxygen atoms in total. The Morgan fingerprint density at radius 1 is 1.63 bits per heavy atom. The third kappa shape index (κ3) is 3.48. The molecule has 1 saturated carbocycles. The summed E-state index contributed by atoms with van der Waals surface area (Å²) in [6.07, 6.45) is 3.14. The number of hydrogen-bond acceptors (Lipinski definition) is 3. The number of rotatable bonds is 6. The first-order chi connectivity index (χ1) is 9.02. The van der Waals surface area contributed by atoms with Crippen LogP contribution >= 0.6 is 11.6 Å². The summed E-state index contributed by atoms with van der Waals surface area (Å²) >= 11 is 6.11. The van der Waals surface area contributed by atoms with Gasteiger partial charge >= 0.3 is 0 Å². The van der Waals surface area contributed by atoms with Crippen molar-refractivity contribution >= 4 is 17.5 Å². The quantitative estimate of drug-likeness (QED) is 0.825. The maximum atomic E-state index is 12.1. The minimum absolute atomic E-state index is 0.0525. The molecule has 1 aliphatic rings. The molecule has 1 amide bonds. The van der Waals surface area contributed by atoms with E-state index in [-0.39, 0.29) is 25.0 Å². The third-order valence-electron chi connectivity index (χ3n) is 3.58. The molecule has 1 aromatic rings. The van der Waals surface area contributed by atoms with Gasteiger partial charge in [0, 0.05) is 25.3 Å². The van der Waals surface area contributed by atoms with Gasteiger partial charge in [-0.2, -0.15) is 5.10 Å². The molecule has 0 radical (unpaired) electrons. The zero-order valence-corrected chi connectivity index (χ0v) is 12.1. The molecule has 2 rings (SSSR count). The van der Waals surface area contributed by atoms with Crippen LogP contribution in [0.15, 0.2) is 0 Å². The minimum atomic E-state index is -0.0525. The molecular formula is C13H20ClN3O2. The number of carbonyl (C=O) groups is 1. The maximum absolute atomic E-state index is 12.1. The lowest BCUT2D eigenvalue weighted by Gasteiger charge is -2.17. The highest BCUT2D eigenvalue weighted by Crippen LogP contribution is 2.34. The molecule has 19 heavy (non-hydrogen) atoms. The fourth-order valence-corrected chi connectivity index (χ4v) is 2.60. The molecular weight excluding hydrogens is 266 g/mol. The topological polar surface area (TPSA) is 67.2 Å². The largest absolute Gasteiger partial charge is 0.396 e. The Hall–Kier alpha value is -1.07. The fraction of sp³-hybridized carbons (Fsp3) is 0.692. The van der Waals surface area contributed by atoms with Crippen molar-refractivity contribution in [2.75, 3.05) is 6.61 Å². The van der Waals surface area contributed by atoms with Gasteiger partial charge in [0.1, 0.15) is 5.15 Å². The average molecular weight is 286 g/mol. The summed E-state index contributed by atoms with van der Waals surface area (Å²) in [4.78, 5) is 12.1. The highest BCUT2D eigenvalue weighted by Gasteiger charge is 2.32. The van der Waals surface area contributed by atoms with E-state index in [0.717, 1.165) is 24.1 Å². The van der Waals surface area contributed by atoms with Crippen LogP contribution in [0.2, 0.25) is 5.15 Å². The second-order valence-corrected chi connectivity index (χ2v) is 5.54. The van der Waals surface area contributed by atoms with Crippen molar-refractivity contribution in [3.63, 3.8) is 0 Å². The van der Waals surface area contributed by atoms with Crippen LogP contribution in [-0.4, -0.2) is 33.4 Å². The van der Waals surface area contributed by atoms with Crippen LogP contribution in [0.25, 0.3) is 0 Å². The Balaban J connectivity index is 1.96. The van der Waals surface area contributed by atoms with Crippen LogP contribution < -0.4 is 5.32 Å². The number of amides is 1. The Labute approximate surface area is 117 Å². The number of aliphatic hydroxyl groups is 1. The van der Waals surface area contributed by atoms with Crippen LogP contribution in [0.4, 0.5) is 0 Å². The fourth-order valence-electron chi connectivity index (χ4n) is 2.36. The smallest absolute Gasteiger partial charge is 0.224 e. The van der Waals surface area contributed by atoms with Crippen LogP contribution in [0.1, 0.15) is 30.5 Å². The molecule has 0 aliphatic heterocycles. The molecule has 2 N–H and O–H groups in total. The number of aliphatic hydroxyl groups excluding tert-OH is 1. The van der Waals surface area contributed by atoms with Gasteiger partial charge in [-0.15, -0.1) is 0 Å². The SMILES string of the molecule is Cc1nn(C)c(Cl)c1CC(=O)NC(CCO)C1CC1. The second kappa shape index (κ2) is 5.92. The molecule has 106 valence electrons. The summed E-state index contributed by atoms with van der Waals surface area (Å²) in [5.74, 6) is 0.477. The lowest BCUT2D eigenvalue weighted by atomic mass is 10.1. The molecule has 1 aliphatic carbocycles. The van der Waals surface area contributed by atoms with E-state index >= 15 is 0 Å². The molecule has 6 heteroatoms. The second-order valence-electron chi connectivity index (χ2n) is 5.18. The molecule has 1 fully saturated rings. The van der Waals surface area contributed by atoms with Crippen LogP contribution in [0, 0.1) is 12.8 Å². The van der Waals surface area contributed by atoms with E-state index in [1.807, 2.05) is 6.92 Å². The zero-order valence-electron chi connectivity index (χ0n) is 11.3. The van der Waals surface area contributed by atoms with Crippen molar-refractivity contribution in [3.8, 4) is 0 Å². The van der Waals surface area contributed by atoms with E-state index in [4.69, 9.17) is 16.7 Å². The predicted molar refractivity (Wildman–Crippen MR) is 73.0 cm³/mol. The summed E-state index contributed by atoms with van der Waals surface area (Å²) in [6.45, 7) is 1.95. The molecule has 0 bridgehead atoms. The highest BCUT2D eigenvalue weighted by atomic mass is 35.5. The van der Waals surface area contributed by atoms with E-state index in [2.05, 4.69) is 10.4 Å².